The van der Waals surface area contributed by atoms with Crippen molar-refractivity contribution in [2.24, 2.45) is 16.7 Å². The van der Waals surface area contributed by atoms with Crippen molar-refractivity contribution in [3.8, 4) is 0 Å². The molecule has 0 aliphatic heterocycles. The van der Waals surface area contributed by atoms with Crippen LogP contribution in [0.1, 0.15) is 40.5 Å². The largest absolute Gasteiger partial charge is 0.468 e. The molecule has 0 spiro atoms. The highest BCUT2D eigenvalue weighted by Crippen LogP contribution is 2.49. The topological polar surface area (TPSA) is 105 Å². The molecule has 1 atom stereocenters. The van der Waals surface area contributed by atoms with Gasteiger partial charge in [0.15, 0.2) is 5.41 Å². The number of fused-ring (bicyclic) bond motifs is 1. The van der Waals surface area contributed by atoms with Crippen LogP contribution in [-0.2, 0) is 38.1 Å². The predicted octanol–water partition coefficient (Wildman–Crippen LogP) is 2.63. The summed E-state index contributed by atoms with van der Waals surface area (Å²) in [6, 6.07) is 0. The molecule has 164 valence electrons. The molecule has 0 heterocycles. The van der Waals surface area contributed by atoms with Crippen LogP contribution in [0, 0.1) is 16.7 Å². The summed E-state index contributed by atoms with van der Waals surface area (Å²) in [7, 11) is 2.42. The van der Waals surface area contributed by atoms with Crippen molar-refractivity contribution in [3.05, 3.63) is 35.1 Å². The molecule has 0 aromatic carbocycles. The van der Waals surface area contributed by atoms with Crippen LogP contribution in [0.4, 0.5) is 0 Å². The number of carbonyl (C=O) groups is 4. The van der Waals surface area contributed by atoms with Crippen LogP contribution in [0.2, 0.25) is 0 Å². The number of ether oxygens (including phenoxy) is 4. The molecular weight excluding hydrogens is 392 g/mol. The van der Waals surface area contributed by atoms with Gasteiger partial charge in [-0.2, -0.15) is 0 Å². The van der Waals surface area contributed by atoms with Gasteiger partial charge in [0, 0.05) is 5.92 Å². The van der Waals surface area contributed by atoms with Crippen LogP contribution >= 0.6 is 0 Å². The van der Waals surface area contributed by atoms with E-state index in [1.807, 2.05) is 0 Å². The zero-order valence-electron chi connectivity index (χ0n) is 18.2. The third-order valence-electron chi connectivity index (χ3n) is 5.09. The lowest BCUT2D eigenvalue weighted by Gasteiger charge is -2.22. The van der Waals surface area contributed by atoms with E-state index >= 15 is 0 Å². The van der Waals surface area contributed by atoms with Gasteiger partial charge in [-0.25, -0.2) is 4.79 Å². The Morgan fingerprint density at radius 2 is 1.70 bits per heavy atom. The van der Waals surface area contributed by atoms with Crippen molar-refractivity contribution in [3.63, 3.8) is 0 Å². The molecule has 0 radical (unpaired) electrons. The first-order valence-corrected chi connectivity index (χ1v) is 9.69. The molecule has 0 bridgehead atoms. The predicted molar refractivity (Wildman–Crippen MR) is 106 cm³/mol. The van der Waals surface area contributed by atoms with E-state index in [1.54, 1.807) is 33.8 Å². The Kier molecular flexibility index (Phi) is 6.90. The highest BCUT2D eigenvalue weighted by Gasteiger charge is 2.55. The van der Waals surface area contributed by atoms with Gasteiger partial charge in [-0.05, 0) is 52.7 Å². The minimum absolute atomic E-state index is 0.0186. The molecular formula is C22H28O8. The molecule has 1 fully saturated rings. The number of hydrogen-bond donors (Lipinski definition) is 0. The van der Waals surface area contributed by atoms with E-state index in [2.05, 4.69) is 0 Å². The molecule has 0 saturated heterocycles. The molecule has 0 aromatic heterocycles. The first-order valence-electron chi connectivity index (χ1n) is 9.69. The Bertz CT molecular complexity index is 822. The molecule has 0 aromatic rings. The highest BCUT2D eigenvalue weighted by atomic mass is 16.6. The van der Waals surface area contributed by atoms with Gasteiger partial charge in [0.2, 0.25) is 0 Å². The summed E-state index contributed by atoms with van der Waals surface area (Å²) in [6.45, 7) is 6.90. The number of esters is 4. The quantitative estimate of drug-likeness (QED) is 0.380. The van der Waals surface area contributed by atoms with Crippen LogP contribution < -0.4 is 0 Å². The normalized spacial score (nSPS) is 19.9. The van der Waals surface area contributed by atoms with Gasteiger partial charge in [0.25, 0.3) is 0 Å². The Balaban J connectivity index is 2.53. The summed E-state index contributed by atoms with van der Waals surface area (Å²) in [5, 5.41) is 0. The van der Waals surface area contributed by atoms with Gasteiger partial charge >= 0.3 is 23.9 Å². The van der Waals surface area contributed by atoms with Crippen molar-refractivity contribution in [1.82, 2.24) is 0 Å². The molecule has 2 aliphatic rings. The van der Waals surface area contributed by atoms with Gasteiger partial charge in [0.05, 0.1) is 26.2 Å². The maximum Gasteiger partial charge on any atom is 0.341 e. The zero-order valence-corrected chi connectivity index (χ0v) is 18.2. The summed E-state index contributed by atoms with van der Waals surface area (Å²) in [5.41, 5.74) is -1.58. The van der Waals surface area contributed by atoms with Crippen molar-refractivity contribution in [2.75, 3.05) is 20.8 Å². The minimum Gasteiger partial charge on any atom is -0.468 e. The van der Waals surface area contributed by atoms with E-state index in [-0.39, 0.29) is 36.7 Å². The fourth-order valence-corrected chi connectivity index (χ4v) is 3.45. The Labute approximate surface area is 175 Å². The Morgan fingerprint density at radius 3 is 2.20 bits per heavy atom. The fourth-order valence-electron chi connectivity index (χ4n) is 3.45. The molecule has 2 rings (SSSR count). The fraction of sp³-hybridized carbons (Fsp3) is 0.545. The van der Waals surface area contributed by atoms with Crippen molar-refractivity contribution < 1.29 is 38.1 Å². The van der Waals surface area contributed by atoms with Gasteiger partial charge in [-0.15, -0.1) is 0 Å². The van der Waals surface area contributed by atoms with Crippen molar-refractivity contribution >= 4 is 23.9 Å². The molecule has 0 amide bonds. The Morgan fingerprint density at radius 1 is 1.10 bits per heavy atom. The highest BCUT2D eigenvalue weighted by molar-refractivity contribution is 6.01. The average molecular weight is 420 g/mol. The average Bonchev–Trinajstić information content (AvgIpc) is 2.98. The number of methoxy groups -OCH3 is 2. The van der Waals surface area contributed by atoms with Crippen LogP contribution in [0.3, 0.4) is 0 Å². The van der Waals surface area contributed by atoms with Gasteiger partial charge in [0.1, 0.15) is 11.3 Å². The summed E-state index contributed by atoms with van der Waals surface area (Å²) in [5.74, 6) is -2.85. The van der Waals surface area contributed by atoms with Crippen LogP contribution in [0.15, 0.2) is 35.1 Å². The third kappa shape index (κ3) is 4.47. The van der Waals surface area contributed by atoms with E-state index in [9.17, 15) is 19.2 Å². The molecule has 8 heteroatoms. The lowest BCUT2D eigenvalue weighted by molar-refractivity contribution is -0.168. The summed E-state index contributed by atoms with van der Waals surface area (Å²) < 4.78 is 20.3. The minimum atomic E-state index is -1.50. The maximum absolute atomic E-state index is 12.6. The molecule has 8 nitrogen and oxygen atoms in total. The number of carbonyl (C=O) groups excluding carboxylic acids is 4. The monoisotopic (exact) mass is 420 g/mol. The molecule has 0 unspecified atom stereocenters. The van der Waals surface area contributed by atoms with E-state index in [1.165, 1.54) is 26.4 Å². The number of rotatable bonds is 5. The van der Waals surface area contributed by atoms with Gasteiger partial charge in [-0.3, -0.25) is 14.4 Å². The van der Waals surface area contributed by atoms with Crippen LogP contribution in [-0.4, -0.2) is 44.7 Å². The zero-order chi connectivity index (χ0) is 22.7. The van der Waals surface area contributed by atoms with Crippen molar-refractivity contribution in [1.29, 1.82) is 0 Å². The third-order valence-corrected chi connectivity index (χ3v) is 5.09. The lowest BCUT2D eigenvalue weighted by Crippen LogP contribution is -2.39. The first kappa shape index (κ1) is 23.4. The van der Waals surface area contributed by atoms with E-state index in [0.29, 0.717) is 5.57 Å². The second-order valence-corrected chi connectivity index (χ2v) is 8.27. The summed E-state index contributed by atoms with van der Waals surface area (Å²) in [6.07, 6.45) is 4.88. The SMILES string of the molecule is CCOC(=O)C1=C(OC(=O)C(C)(C)C)C=C[C@H]2CC(C(=O)OC)(C(=O)OC)CC2=C1. The smallest absolute Gasteiger partial charge is 0.341 e. The van der Waals surface area contributed by atoms with Gasteiger partial charge in [-0.1, -0.05) is 11.6 Å². The maximum atomic E-state index is 12.6. The first-order chi connectivity index (χ1) is 14.0. The molecule has 0 N–H and O–H groups in total. The second kappa shape index (κ2) is 8.85. The number of hydrogen-bond acceptors (Lipinski definition) is 8. The number of allylic oxidation sites excluding steroid dienone is 3. The molecule has 30 heavy (non-hydrogen) atoms. The lowest BCUT2D eigenvalue weighted by atomic mass is 9.85. The molecule has 1 saturated carbocycles. The van der Waals surface area contributed by atoms with Crippen molar-refractivity contribution in [2.45, 2.75) is 40.5 Å². The van der Waals surface area contributed by atoms with Crippen LogP contribution in [0.5, 0.6) is 0 Å². The standard InChI is InChI=1S/C22H28O8/c1-7-29-17(23)15-10-14-12-22(19(25)27-5,20(26)28-6)11-13(14)8-9-16(15)30-18(24)21(2,3)4/h8-10,13H,7,11-12H2,1-6H3/t13-/m0/s1. The summed E-state index contributed by atoms with van der Waals surface area (Å²) >= 11 is 0. The summed E-state index contributed by atoms with van der Waals surface area (Å²) in [4.78, 5) is 49.9. The Hall–Kier alpha value is -2.90. The van der Waals surface area contributed by atoms with E-state index in [0.717, 1.165) is 0 Å². The molecule has 2 aliphatic carbocycles. The van der Waals surface area contributed by atoms with E-state index in [4.69, 9.17) is 18.9 Å². The van der Waals surface area contributed by atoms with Crippen LogP contribution in [0.25, 0.3) is 0 Å². The van der Waals surface area contributed by atoms with Gasteiger partial charge < -0.3 is 18.9 Å². The van der Waals surface area contributed by atoms with E-state index < -0.39 is 34.7 Å². The second-order valence-electron chi connectivity index (χ2n) is 8.27.